The summed E-state index contributed by atoms with van der Waals surface area (Å²) < 4.78 is 20.0. The molecular weight excluding hydrogens is 322 g/mol. The predicted octanol–water partition coefficient (Wildman–Crippen LogP) is -0.606. The van der Waals surface area contributed by atoms with E-state index in [0.29, 0.717) is 19.8 Å². The van der Waals surface area contributed by atoms with Crippen LogP contribution in [-0.2, 0) is 27.4 Å². The fourth-order valence-electron chi connectivity index (χ4n) is 2.37. The van der Waals surface area contributed by atoms with Crippen LogP contribution in [-0.4, -0.2) is 42.3 Å². The van der Waals surface area contributed by atoms with Crippen molar-refractivity contribution in [2.75, 3.05) is 19.8 Å². The van der Waals surface area contributed by atoms with Crippen LogP contribution < -0.4 is 17.1 Å². The van der Waals surface area contributed by atoms with Crippen LogP contribution in [0.5, 0.6) is 0 Å². The molecule has 9 nitrogen and oxygen atoms in total. The predicted molar refractivity (Wildman–Crippen MR) is 86.5 cm³/mol. The van der Waals surface area contributed by atoms with Gasteiger partial charge in [-0.05, 0) is 27.7 Å². The molecule has 1 heterocycles. The molecule has 0 saturated carbocycles. The van der Waals surface area contributed by atoms with Gasteiger partial charge in [-0.3, -0.25) is 0 Å². The van der Waals surface area contributed by atoms with E-state index >= 15 is 0 Å². The van der Waals surface area contributed by atoms with Crippen molar-refractivity contribution in [2.45, 2.75) is 33.4 Å². The average Bonchev–Trinajstić information content (AvgIpc) is 2.51. The van der Waals surface area contributed by atoms with Crippen molar-refractivity contribution in [3.8, 4) is 0 Å². The third-order valence-corrected chi connectivity index (χ3v) is 6.85. The quantitative estimate of drug-likeness (QED) is 0.583. The first-order valence-corrected chi connectivity index (χ1v) is 9.37. The van der Waals surface area contributed by atoms with Crippen molar-refractivity contribution >= 4 is 8.80 Å². The number of aromatic nitrogens is 3. The van der Waals surface area contributed by atoms with Crippen LogP contribution in [0, 0.1) is 0 Å². The lowest BCUT2D eigenvalue weighted by Crippen LogP contribution is -2.61. The first kappa shape index (κ1) is 19.6. The largest absolute Gasteiger partial charge is 0.525 e. The van der Waals surface area contributed by atoms with Crippen molar-refractivity contribution < 1.29 is 13.3 Å². The molecule has 0 spiro atoms. The Morgan fingerprint density at radius 3 is 1.48 bits per heavy atom. The Kier molecular flexibility index (Phi) is 6.68. The second kappa shape index (κ2) is 7.86. The van der Waals surface area contributed by atoms with Gasteiger partial charge < -0.3 is 13.3 Å². The third-order valence-electron chi connectivity index (χ3n) is 3.50. The standard InChI is InChI=1S/C13H25N3O6Si/c1-7-20-23(21-8-2,22-9-3)10(4)16-12(18)14(5)11(17)15(6)13(16)19/h10H,7-9H2,1-6H3. The fraction of sp³-hybridized carbons (Fsp3) is 0.769. The Morgan fingerprint density at radius 2 is 1.17 bits per heavy atom. The molecule has 10 heteroatoms. The highest BCUT2D eigenvalue weighted by atomic mass is 28.4. The van der Waals surface area contributed by atoms with E-state index in [0.717, 1.165) is 13.7 Å². The number of nitrogens with zero attached hydrogens (tertiary/aromatic N) is 3. The van der Waals surface area contributed by atoms with Crippen LogP contribution in [0.15, 0.2) is 14.4 Å². The van der Waals surface area contributed by atoms with Gasteiger partial charge in [-0.1, -0.05) is 0 Å². The molecule has 0 aromatic carbocycles. The zero-order valence-electron chi connectivity index (χ0n) is 14.5. The van der Waals surface area contributed by atoms with Crippen molar-refractivity contribution in [3.05, 3.63) is 31.5 Å². The lowest BCUT2D eigenvalue weighted by Gasteiger charge is -2.33. The van der Waals surface area contributed by atoms with Gasteiger partial charge >= 0.3 is 25.9 Å². The third kappa shape index (κ3) is 3.55. The summed E-state index contributed by atoms with van der Waals surface area (Å²) in [6.45, 7) is 7.95. The van der Waals surface area contributed by atoms with E-state index in [1.165, 1.54) is 14.1 Å². The van der Waals surface area contributed by atoms with Gasteiger partial charge in [0.05, 0.1) is 0 Å². The molecule has 23 heavy (non-hydrogen) atoms. The molecule has 0 aliphatic carbocycles. The topological polar surface area (TPSA) is 93.7 Å². The van der Waals surface area contributed by atoms with Crippen LogP contribution in [0.3, 0.4) is 0 Å². The lowest BCUT2D eigenvalue weighted by molar-refractivity contribution is 0.0540. The summed E-state index contributed by atoms with van der Waals surface area (Å²) in [5.74, 6) is 0. The van der Waals surface area contributed by atoms with E-state index in [-0.39, 0.29) is 0 Å². The molecule has 1 aromatic heterocycles. The normalized spacial score (nSPS) is 13.3. The summed E-state index contributed by atoms with van der Waals surface area (Å²) in [6.07, 6.45) is 0. The van der Waals surface area contributed by atoms with Gasteiger partial charge in [-0.15, -0.1) is 0 Å². The van der Waals surface area contributed by atoms with Crippen LogP contribution >= 0.6 is 0 Å². The van der Waals surface area contributed by atoms with Crippen molar-refractivity contribution in [1.82, 2.24) is 13.7 Å². The Labute approximate surface area is 135 Å². The van der Waals surface area contributed by atoms with Crippen molar-refractivity contribution in [1.29, 1.82) is 0 Å². The molecule has 1 aromatic rings. The van der Waals surface area contributed by atoms with Crippen molar-refractivity contribution in [3.63, 3.8) is 0 Å². The van der Waals surface area contributed by atoms with E-state index in [1.54, 1.807) is 27.7 Å². The Bertz CT molecular complexity index is 650. The SMILES string of the molecule is CCO[Si](OCC)(OCC)C(C)n1c(=O)n(C)c(=O)n(C)c1=O. The first-order chi connectivity index (χ1) is 10.8. The van der Waals surface area contributed by atoms with Crippen LogP contribution in [0.4, 0.5) is 0 Å². The summed E-state index contributed by atoms with van der Waals surface area (Å²) in [5.41, 5.74) is -2.89. The van der Waals surface area contributed by atoms with E-state index in [9.17, 15) is 14.4 Å². The van der Waals surface area contributed by atoms with Gasteiger partial charge in [-0.2, -0.15) is 0 Å². The minimum absolute atomic E-state index is 0.317. The summed E-state index contributed by atoms with van der Waals surface area (Å²) in [7, 11) is -0.695. The van der Waals surface area contributed by atoms with Gasteiger partial charge in [0.1, 0.15) is 5.67 Å². The maximum Gasteiger partial charge on any atom is 0.525 e. The number of rotatable bonds is 8. The van der Waals surface area contributed by atoms with Crippen molar-refractivity contribution in [2.24, 2.45) is 14.1 Å². The highest BCUT2D eigenvalue weighted by Gasteiger charge is 2.49. The molecule has 0 radical (unpaired) electrons. The maximum atomic E-state index is 12.4. The highest BCUT2D eigenvalue weighted by Crippen LogP contribution is 2.23. The number of hydrogen-bond acceptors (Lipinski definition) is 6. The van der Waals surface area contributed by atoms with Gasteiger partial charge in [0.25, 0.3) is 0 Å². The zero-order valence-corrected chi connectivity index (χ0v) is 15.5. The Morgan fingerprint density at radius 1 is 0.826 bits per heavy atom. The molecule has 0 aliphatic rings. The highest BCUT2D eigenvalue weighted by molar-refractivity contribution is 6.61. The van der Waals surface area contributed by atoms with E-state index in [2.05, 4.69) is 0 Å². The fourth-order valence-corrected chi connectivity index (χ4v) is 5.09. The molecule has 0 aliphatic heterocycles. The lowest BCUT2D eigenvalue weighted by atomic mass is 10.7. The minimum Gasteiger partial charge on any atom is -0.373 e. The van der Waals surface area contributed by atoms with Gasteiger partial charge in [0.2, 0.25) is 0 Å². The average molecular weight is 347 g/mol. The van der Waals surface area contributed by atoms with Gasteiger partial charge in [0.15, 0.2) is 0 Å². The van der Waals surface area contributed by atoms with Crippen LogP contribution in [0.1, 0.15) is 33.4 Å². The smallest absolute Gasteiger partial charge is 0.373 e. The molecule has 132 valence electrons. The first-order valence-electron chi connectivity index (χ1n) is 7.57. The Hall–Kier alpha value is -1.49. The second-order valence-corrected chi connectivity index (χ2v) is 7.82. The zero-order chi connectivity index (χ0) is 17.8. The monoisotopic (exact) mass is 347 g/mol. The molecule has 1 rings (SSSR count). The molecular formula is C13H25N3O6Si. The molecule has 0 bridgehead atoms. The molecule has 0 N–H and O–H groups in total. The van der Waals surface area contributed by atoms with Gasteiger partial charge in [-0.25, -0.2) is 28.1 Å². The van der Waals surface area contributed by atoms with E-state index in [4.69, 9.17) is 13.3 Å². The second-order valence-electron chi connectivity index (χ2n) is 4.91. The summed E-state index contributed by atoms with van der Waals surface area (Å²) >= 11 is 0. The minimum atomic E-state index is -3.33. The maximum absolute atomic E-state index is 12.4. The molecule has 0 saturated heterocycles. The van der Waals surface area contributed by atoms with E-state index in [1.807, 2.05) is 0 Å². The summed E-state index contributed by atoms with van der Waals surface area (Å²) in [4.78, 5) is 36.7. The molecule has 0 amide bonds. The van der Waals surface area contributed by atoms with Crippen LogP contribution in [0.25, 0.3) is 0 Å². The van der Waals surface area contributed by atoms with Gasteiger partial charge in [0, 0.05) is 33.9 Å². The molecule has 1 atom stereocenters. The molecule has 0 fully saturated rings. The van der Waals surface area contributed by atoms with Crippen LogP contribution in [0.2, 0.25) is 0 Å². The number of hydrogen-bond donors (Lipinski definition) is 0. The summed E-state index contributed by atoms with van der Waals surface area (Å²) in [6, 6.07) is 0. The molecule has 1 unspecified atom stereocenters. The Balaban J connectivity index is 3.63. The summed E-state index contributed by atoms with van der Waals surface area (Å²) in [5, 5.41) is 0. The van der Waals surface area contributed by atoms with E-state index < -0.39 is 31.5 Å².